The maximum atomic E-state index is 2.35. The molecule has 1 aromatic heterocycles. The van der Waals surface area contributed by atoms with E-state index in [1.54, 1.807) is 0 Å². The van der Waals surface area contributed by atoms with Crippen LogP contribution in [0.4, 0.5) is 5.69 Å². The van der Waals surface area contributed by atoms with E-state index in [2.05, 4.69) is 115 Å². The summed E-state index contributed by atoms with van der Waals surface area (Å²) in [5.74, 6) is 0. The maximum Gasteiger partial charge on any atom is 0.212 e. The Morgan fingerprint density at radius 3 is 2.65 bits per heavy atom. The van der Waals surface area contributed by atoms with Crippen LogP contribution >= 0.6 is 0 Å². The minimum atomic E-state index is 0.950. The van der Waals surface area contributed by atoms with Gasteiger partial charge < -0.3 is 4.90 Å². The minimum absolute atomic E-state index is 0.950. The van der Waals surface area contributed by atoms with Crippen LogP contribution in [0.5, 0.6) is 0 Å². The summed E-state index contributed by atoms with van der Waals surface area (Å²) in [6.45, 7) is 3.14. The van der Waals surface area contributed by atoms with Gasteiger partial charge in [-0.25, -0.2) is 0 Å². The van der Waals surface area contributed by atoms with Crippen LogP contribution in [0.1, 0.15) is 18.2 Å². The van der Waals surface area contributed by atoms with Crippen molar-refractivity contribution in [1.29, 1.82) is 0 Å². The molecule has 0 N–H and O–H groups in total. The molecule has 0 fully saturated rings. The van der Waals surface area contributed by atoms with Crippen molar-refractivity contribution in [2.24, 2.45) is 0 Å². The molecule has 0 amide bonds. The van der Waals surface area contributed by atoms with Gasteiger partial charge in [0.05, 0.1) is 0 Å². The first-order valence-corrected chi connectivity index (χ1v) is 9.08. The highest BCUT2D eigenvalue weighted by Gasteiger charge is 2.13. The highest BCUT2D eigenvalue weighted by Crippen LogP contribution is 2.31. The van der Waals surface area contributed by atoms with Crippen molar-refractivity contribution in [2.45, 2.75) is 13.5 Å². The van der Waals surface area contributed by atoms with Gasteiger partial charge in [-0.3, -0.25) is 0 Å². The highest BCUT2D eigenvalue weighted by atomic mass is 15.1. The average molecular weight is 339 g/mol. The topological polar surface area (TPSA) is 7.12 Å². The maximum absolute atomic E-state index is 2.35. The molecule has 26 heavy (non-hydrogen) atoms. The molecule has 3 aromatic rings. The molecular weight excluding hydrogens is 316 g/mol. The number of fused-ring (bicyclic) bond motifs is 2. The third-order valence-corrected chi connectivity index (χ3v) is 4.90. The fraction of sp³-hybridized carbons (Fsp3) is 0.125. The SMILES string of the molecule is CC[n+]1c(C=CC=C2C=CN(C)c3ccccc32)ccc2ccccc21. The van der Waals surface area contributed by atoms with E-state index in [1.807, 2.05) is 0 Å². The molecule has 0 saturated carbocycles. The first kappa shape index (κ1) is 16.3. The summed E-state index contributed by atoms with van der Waals surface area (Å²) in [6.07, 6.45) is 10.8. The van der Waals surface area contributed by atoms with E-state index in [0.717, 1.165) is 6.54 Å². The number of aromatic nitrogens is 1. The van der Waals surface area contributed by atoms with Gasteiger partial charge in [0.25, 0.3) is 0 Å². The molecule has 2 nitrogen and oxygen atoms in total. The lowest BCUT2D eigenvalue weighted by atomic mass is 10.00. The van der Waals surface area contributed by atoms with E-state index >= 15 is 0 Å². The molecule has 4 rings (SSSR count). The average Bonchev–Trinajstić information content (AvgIpc) is 2.69. The van der Waals surface area contributed by atoms with Crippen molar-refractivity contribution < 1.29 is 4.57 Å². The molecule has 0 saturated heterocycles. The van der Waals surface area contributed by atoms with Gasteiger partial charge in [-0.05, 0) is 36.8 Å². The zero-order valence-corrected chi connectivity index (χ0v) is 15.3. The zero-order chi connectivity index (χ0) is 17.9. The fourth-order valence-corrected chi connectivity index (χ4v) is 3.56. The second-order valence-electron chi connectivity index (χ2n) is 6.49. The molecule has 0 aliphatic carbocycles. The summed E-state index contributed by atoms with van der Waals surface area (Å²) in [6, 6.07) is 21.4. The lowest BCUT2D eigenvalue weighted by molar-refractivity contribution is -0.669. The minimum Gasteiger partial charge on any atom is -0.351 e. The molecule has 0 bridgehead atoms. The van der Waals surface area contributed by atoms with Crippen molar-refractivity contribution in [3.05, 3.63) is 96.3 Å². The number of aryl methyl sites for hydroxylation is 1. The lowest BCUT2D eigenvalue weighted by Crippen LogP contribution is -2.36. The number of nitrogens with zero attached hydrogens (tertiary/aromatic N) is 2. The van der Waals surface area contributed by atoms with Crippen LogP contribution in [0.15, 0.2) is 85.1 Å². The highest BCUT2D eigenvalue weighted by molar-refractivity contribution is 5.87. The Labute approximate surface area is 155 Å². The third-order valence-electron chi connectivity index (χ3n) is 4.90. The van der Waals surface area contributed by atoms with Gasteiger partial charge in [0, 0.05) is 48.1 Å². The van der Waals surface area contributed by atoms with E-state index in [9.17, 15) is 0 Å². The number of benzene rings is 2. The van der Waals surface area contributed by atoms with Crippen LogP contribution < -0.4 is 9.47 Å². The molecule has 0 radical (unpaired) electrons. The Morgan fingerprint density at radius 2 is 1.77 bits per heavy atom. The van der Waals surface area contributed by atoms with Crippen LogP contribution in [-0.2, 0) is 6.54 Å². The van der Waals surface area contributed by atoms with Crippen molar-refractivity contribution in [3.8, 4) is 0 Å². The van der Waals surface area contributed by atoms with E-state index < -0.39 is 0 Å². The Balaban J connectivity index is 1.70. The molecule has 2 heterocycles. The number of hydrogen-bond acceptors (Lipinski definition) is 1. The smallest absolute Gasteiger partial charge is 0.212 e. The second-order valence-corrected chi connectivity index (χ2v) is 6.49. The van der Waals surface area contributed by atoms with Crippen molar-refractivity contribution >= 4 is 28.2 Å². The van der Waals surface area contributed by atoms with Gasteiger partial charge in [-0.2, -0.15) is 4.57 Å². The van der Waals surface area contributed by atoms with Gasteiger partial charge in [-0.1, -0.05) is 42.5 Å². The number of anilines is 1. The molecule has 1 aliphatic heterocycles. The van der Waals surface area contributed by atoms with E-state index in [-0.39, 0.29) is 0 Å². The molecule has 2 heteroatoms. The van der Waals surface area contributed by atoms with Crippen LogP contribution in [0.3, 0.4) is 0 Å². The quantitative estimate of drug-likeness (QED) is 0.594. The Bertz CT molecular complexity index is 1040. The molecule has 0 unspecified atom stereocenters. The second kappa shape index (κ2) is 7.01. The Kier molecular flexibility index (Phi) is 4.40. The predicted molar refractivity (Wildman–Crippen MR) is 111 cm³/mol. The summed E-state index contributed by atoms with van der Waals surface area (Å²) < 4.78 is 2.35. The van der Waals surface area contributed by atoms with Gasteiger partial charge in [0.1, 0.15) is 6.54 Å². The largest absolute Gasteiger partial charge is 0.351 e. The van der Waals surface area contributed by atoms with Gasteiger partial charge in [-0.15, -0.1) is 0 Å². The van der Waals surface area contributed by atoms with Crippen molar-refractivity contribution in [3.63, 3.8) is 0 Å². The van der Waals surface area contributed by atoms with Crippen LogP contribution in [-0.4, -0.2) is 7.05 Å². The summed E-state index contributed by atoms with van der Waals surface area (Å²) in [5.41, 5.74) is 6.23. The van der Waals surface area contributed by atoms with Crippen LogP contribution in [0, 0.1) is 0 Å². The number of rotatable bonds is 3. The molecule has 2 aromatic carbocycles. The molecule has 128 valence electrons. The Morgan fingerprint density at radius 1 is 0.962 bits per heavy atom. The molecule has 0 atom stereocenters. The van der Waals surface area contributed by atoms with Crippen molar-refractivity contribution in [1.82, 2.24) is 0 Å². The monoisotopic (exact) mass is 339 g/mol. The normalized spacial score (nSPS) is 15.2. The molecular formula is C24H23N2+. The van der Waals surface area contributed by atoms with Gasteiger partial charge >= 0.3 is 0 Å². The van der Waals surface area contributed by atoms with Crippen LogP contribution in [0.2, 0.25) is 0 Å². The predicted octanol–water partition coefficient (Wildman–Crippen LogP) is 5.21. The van der Waals surface area contributed by atoms with Crippen molar-refractivity contribution in [2.75, 3.05) is 11.9 Å². The van der Waals surface area contributed by atoms with Gasteiger partial charge in [0.15, 0.2) is 0 Å². The van der Waals surface area contributed by atoms with E-state index in [0.29, 0.717) is 0 Å². The number of hydrogen-bond donors (Lipinski definition) is 0. The Hall–Kier alpha value is -3.13. The number of allylic oxidation sites excluding steroid dienone is 4. The summed E-state index contributed by atoms with van der Waals surface area (Å²) >= 11 is 0. The number of pyridine rings is 1. The van der Waals surface area contributed by atoms with Gasteiger partial charge in [0.2, 0.25) is 11.2 Å². The molecule has 0 spiro atoms. The standard InChI is InChI=1S/C24H23N2/c1-3-26-21(16-15-20-9-4-6-13-23(20)26)11-8-10-19-17-18-25(2)24-14-7-5-12-22(19)24/h4-18H,3H2,1-2H3/q+1. The number of para-hydroxylation sites is 2. The first-order chi connectivity index (χ1) is 12.8. The van der Waals surface area contributed by atoms with Crippen LogP contribution in [0.25, 0.3) is 22.6 Å². The van der Waals surface area contributed by atoms with E-state index in [1.165, 1.54) is 33.4 Å². The van der Waals surface area contributed by atoms with E-state index in [4.69, 9.17) is 0 Å². The summed E-state index contributed by atoms with van der Waals surface area (Å²) in [4.78, 5) is 2.16. The first-order valence-electron chi connectivity index (χ1n) is 9.08. The fourth-order valence-electron chi connectivity index (χ4n) is 3.56. The summed E-state index contributed by atoms with van der Waals surface area (Å²) in [5, 5.41) is 1.28. The summed E-state index contributed by atoms with van der Waals surface area (Å²) in [7, 11) is 2.08. The lowest BCUT2D eigenvalue weighted by Gasteiger charge is -2.23. The zero-order valence-electron chi connectivity index (χ0n) is 15.3. The third kappa shape index (κ3) is 2.95. The molecule has 1 aliphatic rings.